The van der Waals surface area contributed by atoms with Crippen molar-refractivity contribution in [2.24, 2.45) is 0 Å². The Balaban J connectivity index is 2.37. The van der Waals surface area contributed by atoms with E-state index in [1.165, 1.54) is 10.5 Å². The Labute approximate surface area is 115 Å². The molecule has 98 valence electrons. The van der Waals surface area contributed by atoms with Crippen molar-refractivity contribution < 1.29 is 9.66 Å². The summed E-state index contributed by atoms with van der Waals surface area (Å²) in [7, 11) is 1.56. The lowest BCUT2D eigenvalue weighted by Crippen LogP contribution is -2.04. The predicted molar refractivity (Wildman–Crippen MR) is 74.1 cm³/mol. The van der Waals surface area contributed by atoms with Crippen LogP contribution in [-0.2, 0) is 0 Å². The molecule has 19 heavy (non-hydrogen) atoms. The van der Waals surface area contributed by atoms with Crippen molar-refractivity contribution in [2.75, 3.05) is 11.5 Å². The summed E-state index contributed by atoms with van der Waals surface area (Å²) in [5.41, 5.74) is 0.893. The van der Waals surface area contributed by atoms with Crippen LogP contribution in [0.4, 0.5) is 17.1 Å². The number of benzene rings is 2. The fourth-order valence-corrected chi connectivity index (χ4v) is 1.89. The Kier molecular flexibility index (Phi) is 3.87. The van der Waals surface area contributed by atoms with Gasteiger partial charge in [0.1, 0.15) is 11.4 Å². The summed E-state index contributed by atoms with van der Waals surface area (Å²) in [6, 6.07) is 13.2. The van der Waals surface area contributed by atoms with Gasteiger partial charge in [0.15, 0.2) is 0 Å². The molecule has 0 saturated heterocycles. The van der Waals surface area contributed by atoms with Crippen LogP contribution in [0, 0.1) is 10.1 Å². The highest BCUT2D eigenvalue weighted by Gasteiger charge is 2.18. The normalized spacial score (nSPS) is 10.0. The molecule has 2 aromatic rings. The van der Waals surface area contributed by atoms with Gasteiger partial charge in [0.25, 0.3) is 5.69 Å². The highest BCUT2D eigenvalue weighted by molar-refractivity contribution is 6.30. The highest BCUT2D eigenvalue weighted by Crippen LogP contribution is 2.35. The molecule has 0 bridgehead atoms. The average Bonchev–Trinajstić information content (AvgIpc) is 2.46. The van der Waals surface area contributed by atoms with Gasteiger partial charge in [-0.3, -0.25) is 10.1 Å². The van der Waals surface area contributed by atoms with Gasteiger partial charge >= 0.3 is 0 Å². The highest BCUT2D eigenvalue weighted by atomic mass is 35.5. The van der Waals surface area contributed by atoms with Gasteiger partial charge in [-0.15, -0.1) is 0 Å². The van der Waals surface area contributed by atoms with E-state index in [-0.39, 0.29) is 5.69 Å². The fourth-order valence-electron chi connectivity index (χ4n) is 1.64. The van der Waals surface area contributed by atoms with Gasteiger partial charge < -0.3 is 4.74 Å². The van der Waals surface area contributed by atoms with Crippen LogP contribution in [-0.4, -0.2) is 12.0 Å². The molecule has 0 N–H and O–H groups in total. The van der Waals surface area contributed by atoms with Crippen molar-refractivity contribution in [2.45, 2.75) is 0 Å². The Morgan fingerprint density at radius 1 is 1.16 bits per heavy atom. The Morgan fingerprint density at radius 2 is 1.79 bits per heavy atom. The molecular weight excluding hydrogens is 268 g/mol. The molecule has 0 spiro atoms. The lowest BCUT2D eigenvalue weighted by molar-refractivity contribution is -0.384. The number of anilines is 2. The summed E-state index contributed by atoms with van der Waals surface area (Å²) in [5.74, 6) is 0.691. The first-order chi connectivity index (χ1) is 9.13. The molecule has 2 rings (SSSR count). The van der Waals surface area contributed by atoms with Crippen LogP contribution in [0.1, 0.15) is 0 Å². The largest absolute Gasteiger partial charge is 0.497 e. The van der Waals surface area contributed by atoms with Crippen LogP contribution < -0.4 is 9.16 Å². The molecule has 0 amide bonds. The standard InChI is InChI=1S/C13H11ClN2O3/c1-19-11-8-6-10(7-9-11)15(14)12-4-2-3-5-13(12)16(17)18/h2-9H,1H3. The summed E-state index contributed by atoms with van der Waals surface area (Å²) in [6.07, 6.45) is 0. The summed E-state index contributed by atoms with van der Waals surface area (Å²) in [6.45, 7) is 0. The number of methoxy groups -OCH3 is 1. The third-order valence-electron chi connectivity index (χ3n) is 2.59. The number of nitro benzene ring substituents is 1. The fraction of sp³-hybridized carbons (Fsp3) is 0.0769. The Hall–Kier alpha value is -2.27. The van der Waals surface area contributed by atoms with Crippen LogP contribution in [0.2, 0.25) is 0 Å². The number of rotatable bonds is 4. The second-order valence-corrected chi connectivity index (χ2v) is 4.06. The molecule has 0 radical (unpaired) electrons. The first-order valence-electron chi connectivity index (χ1n) is 5.47. The molecular formula is C13H11ClN2O3. The van der Waals surface area contributed by atoms with E-state index in [0.717, 1.165) is 0 Å². The van der Waals surface area contributed by atoms with Crippen LogP contribution in [0.15, 0.2) is 48.5 Å². The van der Waals surface area contributed by atoms with E-state index in [9.17, 15) is 10.1 Å². The first-order valence-corrected chi connectivity index (χ1v) is 5.80. The van der Waals surface area contributed by atoms with Crippen molar-refractivity contribution in [3.05, 3.63) is 58.6 Å². The van der Waals surface area contributed by atoms with Crippen molar-refractivity contribution >= 4 is 28.8 Å². The first kappa shape index (κ1) is 13.2. The number of hydrogen-bond acceptors (Lipinski definition) is 4. The van der Waals surface area contributed by atoms with Gasteiger partial charge in [0.2, 0.25) is 0 Å². The maximum atomic E-state index is 11.0. The minimum Gasteiger partial charge on any atom is -0.497 e. The molecule has 0 atom stereocenters. The van der Waals surface area contributed by atoms with Crippen LogP contribution in [0.3, 0.4) is 0 Å². The predicted octanol–water partition coefficient (Wildman–Crippen LogP) is 3.90. The Bertz CT molecular complexity index is 587. The molecule has 0 aliphatic rings. The molecule has 0 aliphatic carbocycles. The average molecular weight is 279 g/mol. The number of para-hydroxylation sites is 2. The van der Waals surface area contributed by atoms with Crippen LogP contribution >= 0.6 is 11.8 Å². The van der Waals surface area contributed by atoms with Crippen molar-refractivity contribution in [1.82, 2.24) is 0 Å². The summed E-state index contributed by atoms with van der Waals surface area (Å²) >= 11 is 6.16. The zero-order chi connectivity index (χ0) is 13.8. The van der Waals surface area contributed by atoms with E-state index in [2.05, 4.69) is 0 Å². The maximum absolute atomic E-state index is 11.0. The maximum Gasteiger partial charge on any atom is 0.294 e. The van der Waals surface area contributed by atoms with Gasteiger partial charge in [0, 0.05) is 17.8 Å². The van der Waals surface area contributed by atoms with E-state index in [1.807, 2.05) is 0 Å². The third-order valence-corrected chi connectivity index (χ3v) is 2.97. The number of halogens is 1. The second kappa shape index (κ2) is 5.58. The molecule has 0 fully saturated rings. The number of ether oxygens (including phenoxy) is 1. The van der Waals surface area contributed by atoms with Gasteiger partial charge in [-0.2, -0.15) is 0 Å². The molecule has 0 aromatic heterocycles. The van der Waals surface area contributed by atoms with E-state index in [4.69, 9.17) is 16.5 Å². The lowest BCUT2D eigenvalue weighted by atomic mass is 10.2. The monoisotopic (exact) mass is 278 g/mol. The second-order valence-electron chi connectivity index (χ2n) is 3.72. The molecule has 6 heteroatoms. The summed E-state index contributed by atoms with van der Waals surface area (Å²) in [4.78, 5) is 10.5. The van der Waals surface area contributed by atoms with Crippen LogP contribution in [0.5, 0.6) is 5.75 Å². The quantitative estimate of drug-likeness (QED) is 0.483. The molecule has 0 saturated carbocycles. The molecule has 0 unspecified atom stereocenters. The summed E-state index contributed by atoms with van der Waals surface area (Å²) in [5, 5.41) is 11.0. The minimum atomic E-state index is -0.464. The molecule has 0 heterocycles. The third kappa shape index (κ3) is 2.77. The van der Waals surface area contributed by atoms with Gasteiger partial charge in [-0.1, -0.05) is 12.1 Å². The Morgan fingerprint density at radius 3 is 2.37 bits per heavy atom. The number of nitro groups is 1. The number of nitrogens with zero attached hydrogens (tertiary/aromatic N) is 2. The molecule has 0 aliphatic heterocycles. The lowest BCUT2D eigenvalue weighted by Gasteiger charge is -2.16. The van der Waals surface area contributed by atoms with E-state index in [1.54, 1.807) is 49.6 Å². The van der Waals surface area contributed by atoms with Gasteiger partial charge in [0.05, 0.1) is 17.7 Å². The number of hydrogen-bond donors (Lipinski definition) is 0. The minimum absolute atomic E-state index is 0.0479. The molecule has 5 nitrogen and oxygen atoms in total. The zero-order valence-electron chi connectivity index (χ0n) is 10.1. The van der Waals surface area contributed by atoms with Crippen LogP contribution in [0.25, 0.3) is 0 Å². The van der Waals surface area contributed by atoms with E-state index in [0.29, 0.717) is 17.1 Å². The van der Waals surface area contributed by atoms with Gasteiger partial charge in [-0.05, 0) is 30.3 Å². The topological polar surface area (TPSA) is 55.6 Å². The SMILES string of the molecule is COc1ccc(N(Cl)c2ccccc2[N+](=O)[O-])cc1. The van der Waals surface area contributed by atoms with E-state index < -0.39 is 4.92 Å². The zero-order valence-corrected chi connectivity index (χ0v) is 10.9. The van der Waals surface area contributed by atoms with Crippen molar-refractivity contribution in [3.8, 4) is 5.75 Å². The summed E-state index contributed by atoms with van der Waals surface area (Å²) < 4.78 is 6.29. The van der Waals surface area contributed by atoms with Gasteiger partial charge in [-0.25, -0.2) is 4.42 Å². The molecule has 2 aromatic carbocycles. The van der Waals surface area contributed by atoms with Crippen molar-refractivity contribution in [1.29, 1.82) is 0 Å². The van der Waals surface area contributed by atoms with E-state index >= 15 is 0 Å². The van der Waals surface area contributed by atoms with Crippen molar-refractivity contribution in [3.63, 3.8) is 0 Å². The smallest absolute Gasteiger partial charge is 0.294 e.